The van der Waals surface area contributed by atoms with E-state index in [0.29, 0.717) is 0 Å². The molecule has 0 radical (unpaired) electrons. The van der Waals surface area contributed by atoms with Gasteiger partial charge in [-0.25, -0.2) is 4.98 Å². The molecule has 0 spiro atoms. The van der Waals surface area contributed by atoms with E-state index in [2.05, 4.69) is 9.88 Å². The highest BCUT2D eigenvalue weighted by molar-refractivity contribution is 7.80. The molecule has 0 aliphatic carbocycles. The Morgan fingerprint density at radius 2 is 1.86 bits per heavy atom. The van der Waals surface area contributed by atoms with Gasteiger partial charge in [-0.1, -0.05) is 12.8 Å². The predicted octanol–water partition coefficient (Wildman–Crippen LogP) is 1.89. The van der Waals surface area contributed by atoms with Crippen molar-refractivity contribution in [1.29, 1.82) is 0 Å². The minimum atomic E-state index is 0.893. The van der Waals surface area contributed by atoms with Crippen LogP contribution in [0.4, 0.5) is 0 Å². The van der Waals surface area contributed by atoms with Crippen LogP contribution < -0.4 is 0 Å². The van der Waals surface area contributed by atoms with Gasteiger partial charge < -0.3 is 4.90 Å². The second kappa shape index (κ2) is 4.55. The molecule has 1 aliphatic heterocycles. The van der Waals surface area contributed by atoms with E-state index in [1.165, 1.54) is 25.7 Å². The fourth-order valence-corrected chi connectivity index (χ4v) is 2.09. The molecule has 0 amide bonds. The average molecular weight is 209 g/mol. The Morgan fingerprint density at radius 1 is 1.14 bits per heavy atom. The van der Waals surface area contributed by atoms with Crippen molar-refractivity contribution in [2.45, 2.75) is 25.7 Å². The third kappa shape index (κ3) is 2.12. The van der Waals surface area contributed by atoms with Gasteiger partial charge >= 0.3 is 0 Å². The van der Waals surface area contributed by atoms with Crippen LogP contribution in [0.25, 0.3) is 0 Å². The number of aromatic nitrogens is 2. The summed E-state index contributed by atoms with van der Waals surface area (Å²) >= 11 is 5.40. The number of hydrogen-bond acceptors (Lipinski definition) is 2. The number of nitrogens with zero attached hydrogens (tertiary/aromatic N) is 3. The SMILES string of the molecule is S=C(N1CCCCCC1)n1ccnc1. The molecule has 1 aromatic rings. The average Bonchev–Trinajstić information content (AvgIpc) is 2.59. The Morgan fingerprint density at radius 3 is 2.43 bits per heavy atom. The molecule has 3 nitrogen and oxygen atoms in total. The van der Waals surface area contributed by atoms with Gasteiger partial charge in [-0.15, -0.1) is 0 Å². The van der Waals surface area contributed by atoms with Gasteiger partial charge in [0, 0.05) is 25.5 Å². The van der Waals surface area contributed by atoms with Gasteiger partial charge in [0.2, 0.25) is 0 Å². The molecule has 1 aliphatic rings. The molecule has 0 unspecified atom stereocenters. The second-order valence-corrected chi connectivity index (χ2v) is 4.02. The molecule has 0 N–H and O–H groups in total. The normalized spacial score (nSPS) is 17.9. The lowest BCUT2D eigenvalue weighted by Gasteiger charge is -2.23. The molecule has 1 saturated heterocycles. The van der Waals surface area contributed by atoms with Crippen molar-refractivity contribution in [3.8, 4) is 0 Å². The van der Waals surface area contributed by atoms with Crippen LogP contribution in [0.2, 0.25) is 0 Å². The number of likely N-dealkylation sites (tertiary alicyclic amines) is 1. The van der Waals surface area contributed by atoms with Crippen LogP contribution in [0.5, 0.6) is 0 Å². The Kier molecular flexibility index (Phi) is 3.14. The number of rotatable bonds is 0. The van der Waals surface area contributed by atoms with E-state index >= 15 is 0 Å². The predicted molar refractivity (Wildman–Crippen MR) is 60.3 cm³/mol. The lowest BCUT2D eigenvalue weighted by molar-refractivity contribution is 0.430. The molecule has 0 saturated carbocycles. The molecule has 76 valence electrons. The van der Waals surface area contributed by atoms with Crippen LogP contribution in [0.15, 0.2) is 18.7 Å². The van der Waals surface area contributed by atoms with Crippen molar-refractivity contribution in [1.82, 2.24) is 14.5 Å². The third-order valence-electron chi connectivity index (χ3n) is 2.60. The zero-order chi connectivity index (χ0) is 9.80. The Hall–Kier alpha value is -0.900. The van der Waals surface area contributed by atoms with E-state index in [9.17, 15) is 0 Å². The molecule has 2 rings (SSSR count). The Bertz CT molecular complexity index is 286. The molecule has 0 bridgehead atoms. The van der Waals surface area contributed by atoms with Gasteiger partial charge in [-0.3, -0.25) is 4.57 Å². The van der Waals surface area contributed by atoms with Crippen molar-refractivity contribution in [3.63, 3.8) is 0 Å². The maximum absolute atomic E-state index is 5.40. The summed E-state index contributed by atoms with van der Waals surface area (Å²) in [5, 5.41) is 0.893. The number of imidazole rings is 1. The number of hydrogen-bond donors (Lipinski definition) is 0. The lowest BCUT2D eigenvalue weighted by Crippen LogP contribution is -2.34. The first kappa shape index (κ1) is 9.65. The molecule has 2 heterocycles. The van der Waals surface area contributed by atoms with Crippen LogP contribution in [0.3, 0.4) is 0 Å². The monoisotopic (exact) mass is 209 g/mol. The van der Waals surface area contributed by atoms with Crippen molar-refractivity contribution in [2.24, 2.45) is 0 Å². The first-order valence-electron chi connectivity index (χ1n) is 5.15. The van der Waals surface area contributed by atoms with Crippen LogP contribution in [0, 0.1) is 0 Å². The summed E-state index contributed by atoms with van der Waals surface area (Å²) in [6.45, 7) is 2.19. The minimum absolute atomic E-state index is 0.893. The molecule has 0 atom stereocenters. The summed E-state index contributed by atoms with van der Waals surface area (Å²) in [4.78, 5) is 6.29. The summed E-state index contributed by atoms with van der Waals surface area (Å²) < 4.78 is 1.92. The van der Waals surface area contributed by atoms with Crippen molar-refractivity contribution in [3.05, 3.63) is 18.7 Å². The second-order valence-electron chi connectivity index (χ2n) is 3.65. The minimum Gasteiger partial charge on any atom is -0.349 e. The summed E-state index contributed by atoms with van der Waals surface area (Å²) in [7, 11) is 0. The molecular formula is C10H15N3S. The van der Waals surface area contributed by atoms with Gasteiger partial charge in [-0.2, -0.15) is 0 Å². The zero-order valence-corrected chi connectivity index (χ0v) is 9.04. The third-order valence-corrected chi connectivity index (χ3v) is 3.07. The summed E-state index contributed by atoms with van der Waals surface area (Å²) in [5.74, 6) is 0. The fourth-order valence-electron chi connectivity index (χ4n) is 1.80. The van der Waals surface area contributed by atoms with E-state index < -0.39 is 0 Å². The first-order chi connectivity index (χ1) is 6.88. The van der Waals surface area contributed by atoms with E-state index in [-0.39, 0.29) is 0 Å². The highest BCUT2D eigenvalue weighted by atomic mass is 32.1. The van der Waals surface area contributed by atoms with Crippen molar-refractivity contribution >= 4 is 17.3 Å². The van der Waals surface area contributed by atoms with Gasteiger partial charge in [0.15, 0.2) is 5.11 Å². The Balaban J connectivity index is 2.03. The molecule has 0 aromatic carbocycles. The van der Waals surface area contributed by atoms with Crippen LogP contribution in [-0.4, -0.2) is 32.7 Å². The van der Waals surface area contributed by atoms with Crippen molar-refractivity contribution < 1.29 is 0 Å². The van der Waals surface area contributed by atoms with Gasteiger partial charge in [-0.05, 0) is 25.1 Å². The smallest absolute Gasteiger partial charge is 0.181 e. The van der Waals surface area contributed by atoms with Crippen LogP contribution >= 0.6 is 12.2 Å². The molecular weight excluding hydrogens is 194 g/mol. The fraction of sp³-hybridized carbons (Fsp3) is 0.600. The lowest BCUT2D eigenvalue weighted by atomic mass is 10.2. The van der Waals surface area contributed by atoms with Crippen LogP contribution in [0.1, 0.15) is 25.7 Å². The van der Waals surface area contributed by atoms with Gasteiger partial charge in [0.25, 0.3) is 0 Å². The van der Waals surface area contributed by atoms with E-state index in [0.717, 1.165) is 18.2 Å². The summed E-state index contributed by atoms with van der Waals surface area (Å²) in [5.41, 5.74) is 0. The molecule has 4 heteroatoms. The standard InChI is InChI=1S/C10H15N3S/c14-10(13-8-5-11-9-13)12-6-3-1-2-4-7-12/h5,8-9H,1-4,6-7H2. The first-order valence-corrected chi connectivity index (χ1v) is 5.56. The van der Waals surface area contributed by atoms with E-state index in [4.69, 9.17) is 12.2 Å². The van der Waals surface area contributed by atoms with Gasteiger partial charge in [0.1, 0.15) is 6.33 Å². The largest absolute Gasteiger partial charge is 0.349 e. The maximum atomic E-state index is 5.40. The Labute approximate surface area is 89.7 Å². The maximum Gasteiger partial charge on any atom is 0.181 e. The molecule has 1 aromatic heterocycles. The molecule has 1 fully saturated rings. The van der Waals surface area contributed by atoms with E-state index in [1.54, 1.807) is 12.5 Å². The zero-order valence-electron chi connectivity index (χ0n) is 8.22. The highest BCUT2D eigenvalue weighted by Crippen LogP contribution is 2.10. The van der Waals surface area contributed by atoms with Crippen LogP contribution in [-0.2, 0) is 0 Å². The van der Waals surface area contributed by atoms with E-state index in [1.807, 2.05) is 10.8 Å². The summed E-state index contributed by atoms with van der Waals surface area (Å²) in [6, 6.07) is 0. The van der Waals surface area contributed by atoms with Crippen molar-refractivity contribution in [2.75, 3.05) is 13.1 Å². The molecule has 14 heavy (non-hydrogen) atoms. The van der Waals surface area contributed by atoms with Gasteiger partial charge in [0.05, 0.1) is 0 Å². The number of thiocarbonyl (C=S) groups is 1. The summed E-state index contributed by atoms with van der Waals surface area (Å²) in [6.07, 6.45) is 10.6. The highest BCUT2D eigenvalue weighted by Gasteiger charge is 2.12. The quantitative estimate of drug-likeness (QED) is 0.609. The topological polar surface area (TPSA) is 21.1 Å².